The van der Waals surface area contributed by atoms with E-state index in [0.717, 1.165) is 40.8 Å². The summed E-state index contributed by atoms with van der Waals surface area (Å²) in [6.45, 7) is 1.97. The third-order valence-corrected chi connectivity index (χ3v) is 4.66. The van der Waals surface area contributed by atoms with Gasteiger partial charge in [0, 0.05) is 11.8 Å². The fourth-order valence-electron chi connectivity index (χ4n) is 3.17. The van der Waals surface area contributed by atoms with Crippen LogP contribution >= 0.6 is 0 Å². The van der Waals surface area contributed by atoms with Gasteiger partial charge in [0.15, 0.2) is 0 Å². The van der Waals surface area contributed by atoms with Crippen molar-refractivity contribution < 1.29 is 9.53 Å². The highest BCUT2D eigenvalue weighted by molar-refractivity contribution is 5.77. The minimum Gasteiger partial charge on any atom is -0.469 e. The molecule has 122 valence electrons. The molecule has 0 radical (unpaired) electrons. The van der Waals surface area contributed by atoms with Gasteiger partial charge in [0.1, 0.15) is 0 Å². The minimum atomic E-state index is -0.129. The highest BCUT2D eigenvalue weighted by atomic mass is 16.5. The number of rotatable bonds is 3. The molecule has 0 amide bonds. The number of hydrogen-bond acceptors (Lipinski definition) is 5. The summed E-state index contributed by atoms with van der Waals surface area (Å²) in [4.78, 5) is 20.7. The average Bonchev–Trinajstić information content (AvgIpc) is 2.94. The van der Waals surface area contributed by atoms with Gasteiger partial charge in [-0.1, -0.05) is 12.1 Å². The van der Waals surface area contributed by atoms with Crippen LogP contribution in [0, 0.1) is 12.8 Å². The van der Waals surface area contributed by atoms with Gasteiger partial charge < -0.3 is 4.74 Å². The second kappa shape index (κ2) is 5.70. The largest absolute Gasteiger partial charge is 0.469 e. The molecular weight excluding hydrogens is 304 g/mol. The molecule has 2 heterocycles. The lowest BCUT2D eigenvalue weighted by Crippen LogP contribution is -2.33. The molecule has 0 aliphatic heterocycles. The normalized spacial score (nSPS) is 19.9. The van der Waals surface area contributed by atoms with Gasteiger partial charge in [-0.25, -0.2) is 4.98 Å². The van der Waals surface area contributed by atoms with E-state index in [-0.39, 0.29) is 17.9 Å². The second-order valence-electron chi connectivity index (χ2n) is 6.20. The summed E-state index contributed by atoms with van der Waals surface area (Å²) >= 11 is 0. The Labute approximate surface area is 139 Å². The van der Waals surface area contributed by atoms with Crippen molar-refractivity contribution in [1.29, 1.82) is 0 Å². The van der Waals surface area contributed by atoms with Gasteiger partial charge in [0.05, 0.1) is 47.7 Å². The first-order valence-corrected chi connectivity index (χ1v) is 8.01. The third kappa shape index (κ3) is 2.44. The Morgan fingerprint density at radius 3 is 2.75 bits per heavy atom. The Kier molecular flexibility index (Phi) is 3.52. The molecule has 0 spiro atoms. The van der Waals surface area contributed by atoms with Crippen LogP contribution in [0.3, 0.4) is 0 Å². The van der Waals surface area contributed by atoms with Gasteiger partial charge >= 0.3 is 5.97 Å². The van der Waals surface area contributed by atoms with E-state index in [1.54, 1.807) is 6.20 Å². The smallest absolute Gasteiger partial charge is 0.308 e. The van der Waals surface area contributed by atoms with Crippen LogP contribution in [0.15, 0.2) is 36.7 Å². The number of benzene rings is 1. The van der Waals surface area contributed by atoms with Crippen LogP contribution in [0.1, 0.15) is 24.6 Å². The van der Waals surface area contributed by atoms with E-state index in [1.807, 2.05) is 42.1 Å². The molecule has 0 atom stereocenters. The number of para-hydroxylation sites is 2. The van der Waals surface area contributed by atoms with Crippen LogP contribution in [0.4, 0.5) is 0 Å². The number of carbonyl (C=O) groups excluding carboxylic acids is 1. The number of fused-ring (bicyclic) bond motifs is 1. The van der Waals surface area contributed by atoms with Crippen LogP contribution in [-0.2, 0) is 9.53 Å². The number of aromatic nitrogens is 4. The van der Waals surface area contributed by atoms with E-state index in [9.17, 15) is 4.79 Å². The lowest BCUT2D eigenvalue weighted by molar-refractivity contribution is -0.149. The van der Waals surface area contributed by atoms with E-state index in [1.165, 1.54) is 7.11 Å². The number of methoxy groups -OCH3 is 1. The van der Waals surface area contributed by atoms with Crippen molar-refractivity contribution >= 4 is 17.0 Å². The maximum atomic E-state index is 11.5. The predicted molar refractivity (Wildman–Crippen MR) is 89.3 cm³/mol. The van der Waals surface area contributed by atoms with Crippen LogP contribution in [0.2, 0.25) is 0 Å². The van der Waals surface area contributed by atoms with Gasteiger partial charge in [-0.05, 0) is 31.9 Å². The first-order valence-electron chi connectivity index (χ1n) is 8.01. The first-order chi connectivity index (χ1) is 11.7. The van der Waals surface area contributed by atoms with Gasteiger partial charge in [0.25, 0.3) is 0 Å². The Bertz CT molecular complexity index is 912. The van der Waals surface area contributed by atoms with Gasteiger partial charge in [-0.3, -0.25) is 14.5 Å². The highest BCUT2D eigenvalue weighted by Gasteiger charge is 2.37. The van der Waals surface area contributed by atoms with E-state index in [2.05, 4.69) is 15.1 Å². The van der Waals surface area contributed by atoms with E-state index in [4.69, 9.17) is 4.74 Å². The Morgan fingerprint density at radius 2 is 2.00 bits per heavy atom. The summed E-state index contributed by atoms with van der Waals surface area (Å²) < 4.78 is 6.74. The number of aryl methyl sites for hydroxylation is 1. The molecule has 4 rings (SSSR count). The van der Waals surface area contributed by atoms with Crippen molar-refractivity contribution in [3.05, 3.63) is 42.4 Å². The second-order valence-corrected chi connectivity index (χ2v) is 6.20. The molecule has 6 heteroatoms. The van der Waals surface area contributed by atoms with Gasteiger partial charge in [0.2, 0.25) is 0 Å². The highest BCUT2D eigenvalue weighted by Crippen LogP contribution is 2.39. The summed E-state index contributed by atoms with van der Waals surface area (Å²) in [6.07, 6.45) is 5.34. The fraction of sp³-hybridized carbons (Fsp3) is 0.333. The fourth-order valence-corrected chi connectivity index (χ4v) is 3.17. The van der Waals surface area contributed by atoms with Crippen molar-refractivity contribution in [3.63, 3.8) is 0 Å². The zero-order chi connectivity index (χ0) is 16.7. The maximum Gasteiger partial charge on any atom is 0.308 e. The Balaban J connectivity index is 1.60. The number of esters is 1. The summed E-state index contributed by atoms with van der Waals surface area (Å²) in [5.74, 6) is -0.135. The van der Waals surface area contributed by atoms with E-state index >= 15 is 0 Å². The molecule has 1 saturated carbocycles. The standard InChI is InChI=1S/C18H18N4O2/c1-11-14(17-9-19-15-5-3-4-6-16(15)20-17)10-22(21-11)13-7-12(8-13)18(23)24-2/h3-6,9-10,12-13H,7-8H2,1-2H3/t12-,13+. The number of ether oxygens (including phenoxy) is 1. The van der Waals surface area contributed by atoms with Gasteiger partial charge in [-0.2, -0.15) is 5.10 Å². The monoisotopic (exact) mass is 322 g/mol. The number of nitrogens with zero attached hydrogens (tertiary/aromatic N) is 4. The molecule has 6 nitrogen and oxygen atoms in total. The Morgan fingerprint density at radius 1 is 1.25 bits per heavy atom. The SMILES string of the molecule is COC(=O)[C@H]1C[C@@H](n2cc(-c3cnc4ccccc4n3)c(C)n2)C1. The zero-order valence-corrected chi connectivity index (χ0v) is 13.6. The summed E-state index contributed by atoms with van der Waals surface area (Å²) in [7, 11) is 1.43. The Hall–Kier alpha value is -2.76. The average molecular weight is 322 g/mol. The molecule has 0 unspecified atom stereocenters. The molecule has 1 aromatic carbocycles. The van der Waals surface area contributed by atoms with E-state index in [0.29, 0.717) is 0 Å². The molecule has 24 heavy (non-hydrogen) atoms. The molecule has 0 saturated heterocycles. The lowest BCUT2D eigenvalue weighted by Gasteiger charge is -2.33. The minimum absolute atomic E-state index is 0.00610. The van der Waals surface area contributed by atoms with Crippen LogP contribution in [-0.4, -0.2) is 32.8 Å². The van der Waals surface area contributed by atoms with Crippen LogP contribution in [0.5, 0.6) is 0 Å². The molecule has 3 aromatic rings. The molecular formula is C18H18N4O2. The molecule has 2 aromatic heterocycles. The lowest BCUT2D eigenvalue weighted by atomic mass is 9.80. The van der Waals surface area contributed by atoms with Crippen molar-refractivity contribution in [3.8, 4) is 11.3 Å². The molecule has 0 N–H and O–H groups in total. The van der Waals surface area contributed by atoms with Gasteiger partial charge in [-0.15, -0.1) is 0 Å². The van der Waals surface area contributed by atoms with Crippen LogP contribution in [0.25, 0.3) is 22.3 Å². The molecule has 1 aliphatic carbocycles. The van der Waals surface area contributed by atoms with Crippen LogP contribution < -0.4 is 0 Å². The topological polar surface area (TPSA) is 69.9 Å². The summed E-state index contributed by atoms with van der Waals surface area (Å²) in [5, 5.41) is 4.61. The quantitative estimate of drug-likeness (QED) is 0.693. The number of carbonyl (C=O) groups is 1. The summed E-state index contributed by atoms with van der Waals surface area (Å²) in [6, 6.07) is 8.06. The molecule has 1 aliphatic rings. The van der Waals surface area contributed by atoms with E-state index < -0.39 is 0 Å². The molecule has 0 bridgehead atoms. The zero-order valence-electron chi connectivity index (χ0n) is 13.6. The van der Waals surface area contributed by atoms with Crippen molar-refractivity contribution in [2.45, 2.75) is 25.8 Å². The third-order valence-electron chi connectivity index (χ3n) is 4.66. The maximum absolute atomic E-state index is 11.5. The van der Waals surface area contributed by atoms with Crippen molar-refractivity contribution in [2.75, 3.05) is 7.11 Å². The van der Waals surface area contributed by atoms with Crippen molar-refractivity contribution in [1.82, 2.24) is 19.7 Å². The van der Waals surface area contributed by atoms with Crippen molar-refractivity contribution in [2.24, 2.45) is 5.92 Å². The summed E-state index contributed by atoms with van der Waals surface area (Å²) in [5.41, 5.74) is 4.47. The molecule has 1 fully saturated rings. The first kappa shape index (κ1) is 14.8. The number of hydrogen-bond donors (Lipinski definition) is 0. The predicted octanol–water partition coefficient (Wildman–Crippen LogP) is 2.93.